The molecule has 1 aromatic rings. The number of anilines is 1. The van der Waals surface area contributed by atoms with Crippen LogP contribution in [-0.2, 0) is 14.8 Å². The third-order valence-corrected chi connectivity index (χ3v) is 6.55. The molecule has 1 amide bonds. The zero-order chi connectivity index (χ0) is 20.6. The van der Waals surface area contributed by atoms with Gasteiger partial charge in [-0.2, -0.15) is 0 Å². The Kier molecular flexibility index (Phi) is 8.89. The van der Waals surface area contributed by atoms with Crippen LogP contribution in [-0.4, -0.2) is 40.3 Å². The van der Waals surface area contributed by atoms with Gasteiger partial charge in [0.15, 0.2) is 0 Å². The maximum absolute atomic E-state index is 12.3. The molecule has 6 nitrogen and oxygen atoms in total. The molecule has 0 unspecified atom stereocenters. The number of methoxy groups -OCH3 is 1. The second-order valence-corrected chi connectivity index (χ2v) is 9.68. The van der Waals surface area contributed by atoms with Crippen molar-refractivity contribution in [2.75, 3.05) is 24.2 Å². The van der Waals surface area contributed by atoms with Crippen LogP contribution in [0.25, 0.3) is 0 Å². The summed E-state index contributed by atoms with van der Waals surface area (Å²) in [5, 5.41) is 3.46. The predicted molar refractivity (Wildman–Crippen MR) is 114 cm³/mol. The van der Waals surface area contributed by atoms with Crippen molar-refractivity contribution in [2.24, 2.45) is 0 Å². The molecule has 158 valence electrons. The second kappa shape index (κ2) is 10.9. The Morgan fingerprint density at radius 2 is 1.86 bits per heavy atom. The van der Waals surface area contributed by atoms with Gasteiger partial charge >= 0.3 is 0 Å². The molecule has 0 bridgehead atoms. The summed E-state index contributed by atoms with van der Waals surface area (Å²) >= 11 is 6.13. The average molecular weight is 431 g/mol. The highest BCUT2D eigenvalue weighted by molar-refractivity contribution is 7.92. The van der Waals surface area contributed by atoms with E-state index in [0.29, 0.717) is 29.3 Å². The van der Waals surface area contributed by atoms with E-state index in [1.807, 2.05) is 0 Å². The van der Waals surface area contributed by atoms with Crippen LogP contribution < -0.4 is 14.4 Å². The molecule has 0 saturated heterocycles. The van der Waals surface area contributed by atoms with Gasteiger partial charge in [-0.1, -0.05) is 43.7 Å². The first-order chi connectivity index (χ1) is 13.3. The van der Waals surface area contributed by atoms with Gasteiger partial charge in [-0.05, 0) is 37.5 Å². The lowest BCUT2D eigenvalue weighted by atomic mass is 9.96. The summed E-state index contributed by atoms with van der Waals surface area (Å²) in [6, 6.07) is 5.10. The summed E-state index contributed by atoms with van der Waals surface area (Å²) in [5.74, 6) is 0.476. The first-order valence-electron chi connectivity index (χ1n) is 9.92. The molecule has 1 N–H and O–H groups in total. The van der Waals surface area contributed by atoms with Crippen molar-refractivity contribution >= 4 is 33.2 Å². The minimum absolute atomic E-state index is 0.00760. The number of nitrogens with one attached hydrogen (secondary N) is 1. The molecule has 0 spiro atoms. The second-order valence-electron chi connectivity index (χ2n) is 7.37. The number of ether oxygens (including phenoxy) is 1. The Balaban J connectivity index is 1.91. The number of carbonyl (C=O) groups is 1. The lowest BCUT2D eigenvalue weighted by Crippen LogP contribution is -2.36. The van der Waals surface area contributed by atoms with E-state index in [9.17, 15) is 13.2 Å². The van der Waals surface area contributed by atoms with Gasteiger partial charge in [0.25, 0.3) is 0 Å². The number of hydrogen-bond acceptors (Lipinski definition) is 4. The third-order valence-electron chi connectivity index (χ3n) is 5.06. The molecule has 0 aromatic heterocycles. The molecule has 1 aromatic carbocycles. The van der Waals surface area contributed by atoms with Crippen LogP contribution in [0.2, 0.25) is 5.02 Å². The maximum atomic E-state index is 12.3. The normalized spacial score (nSPS) is 16.1. The summed E-state index contributed by atoms with van der Waals surface area (Å²) in [6.07, 6.45) is 10.0. The molecule has 0 radical (unpaired) electrons. The topological polar surface area (TPSA) is 75.7 Å². The van der Waals surface area contributed by atoms with Crippen molar-refractivity contribution in [3.8, 4) is 5.75 Å². The molecule has 0 heterocycles. The fraction of sp³-hybridized carbons (Fsp3) is 0.650. The molecule has 2 rings (SSSR count). The molecule has 1 saturated carbocycles. The van der Waals surface area contributed by atoms with Crippen LogP contribution in [0.15, 0.2) is 18.2 Å². The predicted octanol–water partition coefficient (Wildman–Crippen LogP) is 4.12. The van der Waals surface area contributed by atoms with Gasteiger partial charge in [0.2, 0.25) is 15.9 Å². The van der Waals surface area contributed by atoms with Crippen LogP contribution in [0, 0.1) is 0 Å². The highest BCUT2D eigenvalue weighted by atomic mass is 35.5. The van der Waals surface area contributed by atoms with Gasteiger partial charge in [0.05, 0.1) is 24.1 Å². The van der Waals surface area contributed by atoms with Gasteiger partial charge in [-0.3, -0.25) is 9.10 Å². The molecule has 1 aliphatic rings. The highest BCUT2D eigenvalue weighted by Gasteiger charge is 2.20. The van der Waals surface area contributed by atoms with E-state index < -0.39 is 10.0 Å². The van der Waals surface area contributed by atoms with Gasteiger partial charge in [0, 0.05) is 19.0 Å². The van der Waals surface area contributed by atoms with E-state index in [2.05, 4.69) is 5.32 Å². The molecular formula is C20H31ClN2O4S. The van der Waals surface area contributed by atoms with Crippen LogP contribution in [0.1, 0.15) is 57.8 Å². The number of nitrogens with zero attached hydrogens (tertiary/aromatic N) is 1. The zero-order valence-corrected chi connectivity index (χ0v) is 18.3. The summed E-state index contributed by atoms with van der Waals surface area (Å²) in [6.45, 7) is 0.222. The van der Waals surface area contributed by atoms with Crippen molar-refractivity contribution in [3.05, 3.63) is 23.2 Å². The van der Waals surface area contributed by atoms with Crippen LogP contribution in [0.4, 0.5) is 5.69 Å². The average Bonchev–Trinajstić information content (AvgIpc) is 2.60. The lowest BCUT2D eigenvalue weighted by Gasteiger charge is -2.24. The van der Waals surface area contributed by atoms with Gasteiger partial charge in [0.1, 0.15) is 5.75 Å². The largest absolute Gasteiger partial charge is 0.495 e. The van der Waals surface area contributed by atoms with Crippen molar-refractivity contribution in [2.45, 2.75) is 63.8 Å². The Morgan fingerprint density at radius 3 is 2.43 bits per heavy atom. The van der Waals surface area contributed by atoms with E-state index in [-0.39, 0.29) is 18.5 Å². The molecule has 8 heteroatoms. The minimum atomic E-state index is -3.49. The summed E-state index contributed by atoms with van der Waals surface area (Å²) in [5.41, 5.74) is 0.466. The Hall–Kier alpha value is -1.47. The quantitative estimate of drug-likeness (QED) is 0.672. The molecule has 0 aliphatic heterocycles. The molecule has 0 atom stereocenters. The van der Waals surface area contributed by atoms with Gasteiger partial charge in [-0.15, -0.1) is 0 Å². The molecule has 1 aliphatic carbocycles. The van der Waals surface area contributed by atoms with E-state index >= 15 is 0 Å². The Labute approximate surface area is 173 Å². The molecular weight excluding hydrogens is 400 g/mol. The monoisotopic (exact) mass is 430 g/mol. The standard InChI is InChI=1S/C20H31ClN2O4S/c1-27-19-13-12-17(15-18(19)21)23(28(2,25)26)14-8-11-20(24)22-16-9-6-4-3-5-7-10-16/h12-13,15-16H,3-11,14H2,1-2H3,(H,22,24). The number of hydrogen-bond donors (Lipinski definition) is 1. The van der Waals surface area contributed by atoms with Crippen LogP contribution >= 0.6 is 11.6 Å². The van der Waals surface area contributed by atoms with Crippen LogP contribution in [0.3, 0.4) is 0 Å². The number of amides is 1. The van der Waals surface area contributed by atoms with Crippen molar-refractivity contribution in [1.29, 1.82) is 0 Å². The molecule has 28 heavy (non-hydrogen) atoms. The minimum Gasteiger partial charge on any atom is -0.495 e. The van der Waals surface area contributed by atoms with Gasteiger partial charge in [-0.25, -0.2) is 8.42 Å². The smallest absolute Gasteiger partial charge is 0.232 e. The number of carbonyl (C=O) groups excluding carboxylic acids is 1. The van der Waals surface area contributed by atoms with E-state index in [4.69, 9.17) is 16.3 Å². The van der Waals surface area contributed by atoms with E-state index in [1.54, 1.807) is 18.2 Å². The highest BCUT2D eigenvalue weighted by Crippen LogP contribution is 2.30. The molecule has 1 fully saturated rings. The first-order valence-corrected chi connectivity index (χ1v) is 12.1. The maximum Gasteiger partial charge on any atom is 0.232 e. The summed E-state index contributed by atoms with van der Waals surface area (Å²) in [4.78, 5) is 12.3. The van der Waals surface area contributed by atoms with Crippen molar-refractivity contribution < 1.29 is 17.9 Å². The summed E-state index contributed by atoms with van der Waals surface area (Å²) < 4.78 is 30.8. The first kappa shape index (κ1) is 22.8. The van der Waals surface area contributed by atoms with Gasteiger partial charge < -0.3 is 10.1 Å². The third kappa shape index (κ3) is 7.17. The lowest BCUT2D eigenvalue weighted by molar-refractivity contribution is -0.122. The Morgan fingerprint density at radius 1 is 1.21 bits per heavy atom. The van der Waals surface area contributed by atoms with Crippen molar-refractivity contribution in [3.63, 3.8) is 0 Å². The number of benzene rings is 1. The van der Waals surface area contributed by atoms with E-state index in [1.165, 1.54) is 30.7 Å². The van der Waals surface area contributed by atoms with E-state index in [0.717, 1.165) is 31.9 Å². The number of sulfonamides is 1. The number of rotatable bonds is 8. The summed E-state index contributed by atoms with van der Waals surface area (Å²) in [7, 11) is -1.98. The fourth-order valence-electron chi connectivity index (χ4n) is 3.58. The fourth-order valence-corrected chi connectivity index (χ4v) is 4.79. The van der Waals surface area contributed by atoms with Crippen LogP contribution in [0.5, 0.6) is 5.75 Å². The van der Waals surface area contributed by atoms with Crippen molar-refractivity contribution in [1.82, 2.24) is 5.32 Å². The SMILES string of the molecule is COc1ccc(N(CCCC(=O)NC2CCCCCCC2)S(C)(=O)=O)cc1Cl. The Bertz CT molecular complexity index is 747. The zero-order valence-electron chi connectivity index (χ0n) is 16.7. The number of halogens is 1.